The molecule has 4 aromatic carbocycles. The average molecular weight is 1200 g/mol. The summed E-state index contributed by atoms with van der Waals surface area (Å²) in [5, 5.41) is 72.4. The molecule has 4 aromatic heterocycles. The Balaban J connectivity index is 0.000000263. The van der Waals surface area contributed by atoms with E-state index in [2.05, 4.69) is 10.6 Å². The van der Waals surface area contributed by atoms with Crippen molar-refractivity contribution in [2.45, 2.75) is 116 Å². The van der Waals surface area contributed by atoms with E-state index in [1.165, 1.54) is 83.3 Å². The van der Waals surface area contributed by atoms with Crippen molar-refractivity contribution in [3.05, 3.63) is 178 Å². The first-order valence-corrected chi connectivity index (χ1v) is 28.2. The molecule has 0 radical (unpaired) electrons. The molecule has 0 bridgehead atoms. The number of aliphatic carboxylic acids is 2. The molecule has 21 heteroatoms. The fourth-order valence-corrected chi connectivity index (χ4v) is 11.6. The van der Waals surface area contributed by atoms with Gasteiger partial charge in [0.25, 0.3) is 11.8 Å². The molecule has 4 heterocycles. The van der Waals surface area contributed by atoms with Crippen molar-refractivity contribution in [2.75, 3.05) is 10.6 Å². The fourth-order valence-electron chi connectivity index (χ4n) is 10.0. The Hall–Kier alpha value is -6.46. The fraction of sp³-hybridized carbons (Fsp3) is 0.290. The predicted molar refractivity (Wildman–Crippen MR) is 311 cm³/mol. The number of carbonyl (C=O) groups excluding carboxylic acids is 4. The molecule has 0 unspecified atom stereocenters. The van der Waals surface area contributed by atoms with Gasteiger partial charge in [-0.2, -0.15) is 0 Å². The topological polar surface area (TPSA) is 229 Å². The van der Waals surface area contributed by atoms with Crippen LogP contribution in [0.2, 0.25) is 0 Å². The maximum atomic E-state index is 14.0. The Bertz CT molecular complexity index is 3230. The minimum Gasteiger partial charge on any atom is -0.550 e. The third-order valence-corrected chi connectivity index (χ3v) is 15.1. The molecule has 4 atom stereocenters. The summed E-state index contributed by atoms with van der Waals surface area (Å²) in [6.07, 6.45) is -5.85. The van der Waals surface area contributed by atoms with Crippen molar-refractivity contribution < 1.29 is 67.4 Å². The number of nitrogens with one attached hydrogen (secondary N) is 2. The van der Waals surface area contributed by atoms with Gasteiger partial charge in [-0.05, 0) is 156 Å². The zero-order valence-electron chi connectivity index (χ0n) is 46.0. The van der Waals surface area contributed by atoms with Crippen LogP contribution in [-0.2, 0) is 22.7 Å². The molecule has 0 fully saturated rings. The van der Waals surface area contributed by atoms with E-state index in [0.717, 1.165) is 9.75 Å². The molecule has 0 saturated heterocycles. The third-order valence-electron chi connectivity index (χ3n) is 13.4. The van der Waals surface area contributed by atoms with Gasteiger partial charge < -0.3 is 60.0 Å². The van der Waals surface area contributed by atoms with E-state index in [0.29, 0.717) is 56.2 Å². The number of thiophene rings is 2. The average Bonchev–Trinajstić information content (AvgIpc) is 3.13. The monoisotopic (exact) mass is 1200 g/mol. The molecule has 8 rings (SSSR count). The first-order valence-electron chi connectivity index (χ1n) is 26.5. The number of benzene rings is 4. The molecular weight excluding hydrogens is 1140 g/mol. The van der Waals surface area contributed by atoms with E-state index in [4.69, 9.17) is 0 Å². The van der Waals surface area contributed by atoms with Gasteiger partial charge in [0, 0.05) is 81.5 Å². The molecule has 0 aliphatic rings. The maximum Gasteiger partial charge on any atom is 2.00 e. The van der Waals surface area contributed by atoms with Crippen molar-refractivity contribution in [1.29, 1.82) is 0 Å². The zero-order valence-corrected chi connectivity index (χ0v) is 49.8. The predicted octanol–water partition coefficient (Wildman–Crippen LogP) is 9.98. The molecule has 14 nitrogen and oxygen atoms in total. The van der Waals surface area contributed by atoms with Crippen LogP contribution in [0.15, 0.2) is 132 Å². The summed E-state index contributed by atoms with van der Waals surface area (Å²) in [6, 6.07) is 30.5. The summed E-state index contributed by atoms with van der Waals surface area (Å²) in [7, 11) is 0. The molecule has 0 saturated carbocycles. The number of halogens is 4. The minimum atomic E-state index is -1.41. The van der Waals surface area contributed by atoms with Crippen LogP contribution in [0, 0.1) is 23.3 Å². The van der Waals surface area contributed by atoms with Crippen LogP contribution < -0.4 is 20.8 Å². The van der Waals surface area contributed by atoms with E-state index in [1.54, 1.807) is 36.4 Å². The van der Waals surface area contributed by atoms with E-state index < -0.39 is 84.3 Å². The number of nitrogens with zero attached hydrogens (tertiary/aromatic N) is 2. The zero-order chi connectivity index (χ0) is 59.4. The number of aromatic nitrogens is 2. The normalized spacial score (nSPS) is 12.7. The van der Waals surface area contributed by atoms with Crippen molar-refractivity contribution in [3.8, 4) is 43.4 Å². The molecule has 2 amide bonds. The SMILES string of the molecule is CC(C)c1c(C(=O)Nc2cccc(F)c2)c(-c2cccs2)c(-c2ccc(F)cc2)n1CC[C@@H](O)C[C@@H](O)CC(=O)[O-].CC(C)c1c(C(=O)Nc2cccc(F)c2)c(-c2cccs2)c(-c2ccc(F)cc2)n1CC[C@@H](O)C[C@@H](O)CC(=O)[O-].[Ca+2]. The molecule has 8 aromatic rings. The second-order valence-corrected chi connectivity index (χ2v) is 22.2. The number of hydrogen-bond donors (Lipinski definition) is 6. The molecule has 0 aliphatic heterocycles. The van der Waals surface area contributed by atoms with Gasteiger partial charge in [-0.25, -0.2) is 17.6 Å². The van der Waals surface area contributed by atoms with Gasteiger partial charge in [-0.15, -0.1) is 22.7 Å². The summed E-state index contributed by atoms with van der Waals surface area (Å²) in [4.78, 5) is 51.2. The second-order valence-electron chi connectivity index (χ2n) is 20.3. The quantitative estimate of drug-likeness (QED) is 0.0248. The first-order chi connectivity index (χ1) is 39.1. The van der Waals surface area contributed by atoms with Crippen LogP contribution in [0.5, 0.6) is 0 Å². The number of anilines is 2. The summed E-state index contributed by atoms with van der Waals surface area (Å²) in [5.74, 6) is -5.92. The van der Waals surface area contributed by atoms with Gasteiger partial charge in [0.05, 0.1) is 46.9 Å². The number of carboxylic acid groups (broad SMARTS) is 2. The maximum absolute atomic E-state index is 14.0. The van der Waals surface area contributed by atoms with Gasteiger partial charge in [-0.3, -0.25) is 9.59 Å². The number of aliphatic hydroxyl groups excluding tert-OH is 4. The summed E-state index contributed by atoms with van der Waals surface area (Å²) >= 11 is 2.86. The van der Waals surface area contributed by atoms with Gasteiger partial charge in [-0.1, -0.05) is 52.0 Å². The van der Waals surface area contributed by atoms with Gasteiger partial charge in [0.15, 0.2) is 0 Å². The smallest absolute Gasteiger partial charge is 0.550 e. The van der Waals surface area contributed by atoms with Crippen LogP contribution in [0.4, 0.5) is 28.9 Å². The van der Waals surface area contributed by atoms with Crippen molar-refractivity contribution in [1.82, 2.24) is 9.13 Å². The Morgan fingerprint density at radius 1 is 0.506 bits per heavy atom. The van der Waals surface area contributed by atoms with Gasteiger partial charge in [0.2, 0.25) is 0 Å². The molecule has 432 valence electrons. The second kappa shape index (κ2) is 30.4. The van der Waals surface area contributed by atoms with Crippen LogP contribution in [0.3, 0.4) is 0 Å². The number of rotatable bonds is 24. The van der Waals surface area contributed by atoms with Crippen molar-refractivity contribution >= 4 is 95.5 Å². The first kappa shape index (κ1) is 65.7. The Morgan fingerprint density at radius 3 is 1.17 bits per heavy atom. The number of carboxylic acids is 2. The largest absolute Gasteiger partial charge is 2.00 e. The minimum absolute atomic E-state index is 0. The molecular formula is C62H62CaF4N4O10S2. The van der Waals surface area contributed by atoms with E-state index in [-0.39, 0.29) is 99.7 Å². The van der Waals surface area contributed by atoms with Crippen LogP contribution >= 0.6 is 22.7 Å². The van der Waals surface area contributed by atoms with Crippen LogP contribution in [0.25, 0.3) is 43.4 Å². The standard InChI is InChI=1S/2C31H32F2N2O5S.Ca/c2*1-18(2)29-28(31(40)34-22-6-3-5-21(33)15-22)27(25-7-4-14-41-25)30(19-8-10-20(32)11-9-19)35(29)13-12-23(36)16-24(37)17-26(38)39;/h2*3-11,14-15,18,23-24,36-37H,12-13,16-17H2,1-2H3,(H,34,40)(H,38,39);/q;;+2/p-2/t2*23-,24-;/m11./s1. The Morgan fingerprint density at radius 2 is 0.867 bits per heavy atom. The number of hydrogen-bond acceptors (Lipinski definition) is 12. The van der Waals surface area contributed by atoms with E-state index in [9.17, 15) is 67.4 Å². The molecule has 0 spiro atoms. The van der Waals surface area contributed by atoms with Gasteiger partial charge >= 0.3 is 37.7 Å². The number of carbonyl (C=O) groups is 4. The molecule has 6 N–H and O–H groups in total. The number of aliphatic hydroxyl groups is 4. The van der Waals surface area contributed by atoms with E-state index >= 15 is 0 Å². The summed E-state index contributed by atoms with van der Waals surface area (Å²) in [6.45, 7) is 8.14. The van der Waals surface area contributed by atoms with Crippen molar-refractivity contribution in [2.24, 2.45) is 0 Å². The van der Waals surface area contributed by atoms with Crippen molar-refractivity contribution in [3.63, 3.8) is 0 Å². The number of amides is 2. The van der Waals surface area contributed by atoms with Crippen LogP contribution in [-0.4, -0.2) is 115 Å². The van der Waals surface area contributed by atoms with E-state index in [1.807, 2.05) is 71.9 Å². The van der Waals surface area contributed by atoms with Crippen LogP contribution in [0.1, 0.15) is 110 Å². The Kier molecular flexibility index (Phi) is 24.0. The Labute approximate surface area is 515 Å². The third kappa shape index (κ3) is 17.3. The summed E-state index contributed by atoms with van der Waals surface area (Å²) in [5.41, 5.74) is 6.45. The summed E-state index contributed by atoms with van der Waals surface area (Å²) < 4.78 is 59.6. The molecule has 83 heavy (non-hydrogen) atoms. The van der Waals surface area contributed by atoms with Gasteiger partial charge in [0.1, 0.15) is 23.3 Å². The molecule has 0 aliphatic carbocycles.